The molecule has 1 heteroatoms. The second kappa shape index (κ2) is 4.74. The Bertz CT molecular complexity index is 185. The summed E-state index contributed by atoms with van der Waals surface area (Å²) in [6, 6.07) is 0. The maximum atomic E-state index is 3.95. The Kier molecular flexibility index (Phi) is 4.21. The lowest BCUT2D eigenvalue weighted by Gasteiger charge is -1.94. The van der Waals surface area contributed by atoms with E-state index in [0.717, 1.165) is 11.1 Å². The first kappa shape index (κ1) is 8.89. The molecular formula is C9H13N. The van der Waals surface area contributed by atoms with Crippen LogP contribution in [0.3, 0.4) is 0 Å². The van der Waals surface area contributed by atoms with Gasteiger partial charge in [0.25, 0.3) is 0 Å². The van der Waals surface area contributed by atoms with E-state index in [2.05, 4.69) is 18.2 Å². The molecule has 0 aliphatic carbocycles. The summed E-state index contributed by atoms with van der Waals surface area (Å²) >= 11 is 0. The van der Waals surface area contributed by atoms with Gasteiger partial charge in [0.2, 0.25) is 0 Å². The van der Waals surface area contributed by atoms with Crippen molar-refractivity contribution in [1.82, 2.24) is 0 Å². The second-order valence-corrected chi connectivity index (χ2v) is 1.98. The smallest absolute Gasteiger partial charge is 0.0338 e. The van der Waals surface area contributed by atoms with Crippen LogP contribution in [0.4, 0.5) is 0 Å². The van der Waals surface area contributed by atoms with Crippen LogP contribution >= 0.6 is 0 Å². The van der Waals surface area contributed by atoms with Crippen LogP contribution in [0.2, 0.25) is 0 Å². The van der Waals surface area contributed by atoms with Gasteiger partial charge in [0.1, 0.15) is 0 Å². The van der Waals surface area contributed by atoms with Crippen molar-refractivity contribution < 1.29 is 0 Å². The molecule has 0 saturated carbocycles. The first-order chi connectivity index (χ1) is 4.72. The van der Waals surface area contributed by atoms with E-state index in [-0.39, 0.29) is 0 Å². The summed E-state index contributed by atoms with van der Waals surface area (Å²) in [4.78, 5) is 3.95. The molecule has 0 N–H and O–H groups in total. The molecular weight excluding hydrogens is 122 g/mol. The SMILES string of the molecule is C=C/C(=C\N=CC)C(=C)C. The largest absolute Gasteiger partial charge is 0.269 e. The van der Waals surface area contributed by atoms with Gasteiger partial charge in [-0.3, -0.25) is 4.99 Å². The van der Waals surface area contributed by atoms with Crippen molar-refractivity contribution in [1.29, 1.82) is 0 Å². The summed E-state index contributed by atoms with van der Waals surface area (Å²) in [5, 5.41) is 0. The van der Waals surface area contributed by atoms with Gasteiger partial charge in [-0.1, -0.05) is 19.2 Å². The molecule has 0 unspecified atom stereocenters. The fourth-order valence-electron chi connectivity index (χ4n) is 0.492. The molecule has 0 radical (unpaired) electrons. The topological polar surface area (TPSA) is 12.4 Å². The van der Waals surface area contributed by atoms with Crippen molar-refractivity contribution >= 4 is 6.21 Å². The minimum atomic E-state index is 0.984. The molecule has 0 amide bonds. The molecule has 0 aliphatic heterocycles. The van der Waals surface area contributed by atoms with E-state index in [4.69, 9.17) is 0 Å². The first-order valence-corrected chi connectivity index (χ1v) is 3.18. The quantitative estimate of drug-likeness (QED) is 0.417. The van der Waals surface area contributed by atoms with Gasteiger partial charge in [-0.05, 0) is 25.0 Å². The minimum absolute atomic E-state index is 0.984. The van der Waals surface area contributed by atoms with E-state index in [9.17, 15) is 0 Å². The summed E-state index contributed by atoms with van der Waals surface area (Å²) in [6.45, 7) is 11.2. The summed E-state index contributed by atoms with van der Waals surface area (Å²) < 4.78 is 0. The van der Waals surface area contributed by atoms with E-state index in [0.29, 0.717) is 0 Å². The summed E-state index contributed by atoms with van der Waals surface area (Å²) in [5.74, 6) is 0. The number of hydrogen-bond acceptors (Lipinski definition) is 1. The lowest BCUT2D eigenvalue weighted by Crippen LogP contribution is -1.76. The Balaban J connectivity index is 4.33. The summed E-state index contributed by atoms with van der Waals surface area (Å²) in [7, 11) is 0. The zero-order valence-electron chi connectivity index (χ0n) is 6.59. The molecule has 0 bridgehead atoms. The van der Waals surface area contributed by atoms with E-state index in [1.54, 1.807) is 18.5 Å². The molecule has 0 atom stereocenters. The van der Waals surface area contributed by atoms with Gasteiger partial charge in [0, 0.05) is 12.4 Å². The fourth-order valence-corrected chi connectivity index (χ4v) is 0.492. The van der Waals surface area contributed by atoms with Crippen LogP contribution in [0, 0.1) is 0 Å². The van der Waals surface area contributed by atoms with Gasteiger partial charge in [-0.15, -0.1) is 0 Å². The minimum Gasteiger partial charge on any atom is -0.269 e. The first-order valence-electron chi connectivity index (χ1n) is 3.18. The van der Waals surface area contributed by atoms with Crippen LogP contribution in [0.5, 0.6) is 0 Å². The Morgan fingerprint density at radius 2 is 2.10 bits per heavy atom. The van der Waals surface area contributed by atoms with Crippen molar-refractivity contribution in [2.45, 2.75) is 13.8 Å². The van der Waals surface area contributed by atoms with Crippen LogP contribution in [0.15, 0.2) is 41.6 Å². The fraction of sp³-hybridized carbons (Fsp3) is 0.222. The predicted octanol–water partition coefficient (Wildman–Crippen LogP) is 2.72. The zero-order valence-corrected chi connectivity index (χ0v) is 6.59. The highest BCUT2D eigenvalue weighted by Gasteiger charge is 1.87. The molecule has 0 aromatic carbocycles. The van der Waals surface area contributed by atoms with E-state index in [1.807, 2.05) is 13.8 Å². The summed E-state index contributed by atoms with van der Waals surface area (Å²) in [5.41, 5.74) is 1.97. The Morgan fingerprint density at radius 3 is 2.40 bits per heavy atom. The number of nitrogens with zero attached hydrogens (tertiary/aromatic N) is 1. The van der Waals surface area contributed by atoms with Gasteiger partial charge >= 0.3 is 0 Å². The third-order valence-corrected chi connectivity index (χ3v) is 1.08. The van der Waals surface area contributed by atoms with Crippen LogP contribution in [-0.4, -0.2) is 6.21 Å². The van der Waals surface area contributed by atoms with E-state index < -0.39 is 0 Å². The molecule has 0 spiro atoms. The average molecular weight is 135 g/mol. The standard InChI is InChI=1S/C9H13N/c1-5-9(8(3)4)7-10-6-2/h5-7H,1,3H2,2,4H3/b9-7+,10-6?. The van der Waals surface area contributed by atoms with Gasteiger partial charge < -0.3 is 0 Å². The maximum Gasteiger partial charge on any atom is 0.0338 e. The second-order valence-electron chi connectivity index (χ2n) is 1.98. The normalized spacial score (nSPS) is 12.0. The number of hydrogen-bond donors (Lipinski definition) is 0. The maximum absolute atomic E-state index is 3.95. The van der Waals surface area contributed by atoms with Gasteiger partial charge in [-0.25, -0.2) is 0 Å². The molecule has 0 saturated heterocycles. The molecule has 0 fully saturated rings. The van der Waals surface area contributed by atoms with Crippen molar-refractivity contribution in [3.63, 3.8) is 0 Å². The molecule has 10 heavy (non-hydrogen) atoms. The van der Waals surface area contributed by atoms with E-state index in [1.165, 1.54) is 0 Å². The molecule has 0 aromatic heterocycles. The third kappa shape index (κ3) is 3.02. The number of allylic oxidation sites excluding steroid dienone is 3. The van der Waals surface area contributed by atoms with Crippen molar-refractivity contribution in [3.05, 3.63) is 36.6 Å². The van der Waals surface area contributed by atoms with Gasteiger partial charge in [-0.2, -0.15) is 0 Å². The van der Waals surface area contributed by atoms with Crippen LogP contribution < -0.4 is 0 Å². The van der Waals surface area contributed by atoms with Crippen molar-refractivity contribution in [2.24, 2.45) is 4.99 Å². The number of aliphatic imine (C=N–C) groups is 1. The Labute approximate surface area is 62.5 Å². The molecule has 54 valence electrons. The van der Waals surface area contributed by atoms with Crippen LogP contribution in [0.1, 0.15) is 13.8 Å². The monoisotopic (exact) mass is 135 g/mol. The van der Waals surface area contributed by atoms with Crippen LogP contribution in [0.25, 0.3) is 0 Å². The lowest BCUT2D eigenvalue weighted by atomic mass is 10.1. The zero-order chi connectivity index (χ0) is 7.98. The third-order valence-electron chi connectivity index (χ3n) is 1.08. The molecule has 0 rings (SSSR count). The molecule has 0 heterocycles. The highest BCUT2D eigenvalue weighted by molar-refractivity contribution is 5.55. The predicted molar refractivity (Wildman–Crippen MR) is 47.3 cm³/mol. The highest BCUT2D eigenvalue weighted by atomic mass is 14.7. The Hall–Kier alpha value is -1.11. The average Bonchev–Trinajstić information content (AvgIpc) is 1.89. The number of rotatable bonds is 3. The molecule has 1 nitrogen and oxygen atoms in total. The van der Waals surface area contributed by atoms with Crippen molar-refractivity contribution in [2.75, 3.05) is 0 Å². The molecule has 0 aromatic rings. The van der Waals surface area contributed by atoms with E-state index >= 15 is 0 Å². The van der Waals surface area contributed by atoms with Crippen molar-refractivity contribution in [3.8, 4) is 0 Å². The molecule has 0 aliphatic rings. The lowest BCUT2D eigenvalue weighted by molar-refractivity contribution is 1.40. The summed E-state index contributed by atoms with van der Waals surface area (Å²) in [6.07, 6.45) is 5.22. The Morgan fingerprint density at radius 1 is 1.50 bits per heavy atom. The highest BCUT2D eigenvalue weighted by Crippen LogP contribution is 2.06. The van der Waals surface area contributed by atoms with Gasteiger partial charge in [0.05, 0.1) is 0 Å². The van der Waals surface area contributed by atoms with Crippen LogP contribution in [-0.2, 0) is 0 Å². The van der Waals surface area contributed by atoms with Gasteiger partial charge in [0.15, 0.2) is 0 Å².